The van der Waals surface area contributed by atoms with Crippen LogP contribution in [0.25, 0.3) is 11.1 Å². The zero-order chi connectivity index (χ0) is 18.7. The van der Waals surface area contributed by atoms with Crippen LogP contribution in [0.4, 0.5) is 5.69 Å². The number of oxazole rings is 1. The second-order valence-electron chi connectivity index (χ2n) is 6.00. The van der Waals surface area contributed by atoms with Gasteiger partial charge in [-0.05, 0) is 50.2 Å². The molecule has 1 N–H and O–H groups in total. The summed E-state index contributed by atoms with van der Waals surface area (Å²) in [4.78, 5) is 35.9. The fourth-order valence-corrected chi connectivity index (χ4v) is 2.48. The molecule has 26 heavy (non-hydrogen) atoms. The number of anilines is 1. The van der Waals surface area contributed by atoms with Crippen LogP contribution in [0.3, 0.4) is 0 Å². The van der Waals surface area contributed by atoms with E-state index in [9.17, 15) is 14.4 Å². The third-order valence-electron chi connectivity index (χ3n) is 3.62. The van der Waals surface area contributed by atoms with Gasteiger partial charge in [-0.3, -0.25) is 9.36 Å². The normalized spacial score (nSPS) is 10.9. The van der Waals surface area contributed by atoms with Gasteiger partial charge in [0.25, 0.3) is 0 Å². The summed E-state index contributed by atoms with van der Waals surface area (Å²) in [5.74, 6) is -1.39. The SMILES string of the molecule is CC(C)OC(=O)c1ccc(NC(=O)Cn2c(=O)oc3ccccc32)cc1. The molecule has 0 aliphatic carbocycles. The van der Waals surface area contributed by atoms with Crippen LogP contribution in [-0.2, 0) is 16.1 Å². The van der Waals surface area contributed by atoms with E-state index in [0.717, 1.165) is 0 Å². The summed E-state index contributed by atoms with van der Waals surface area (Å²) in [5, 5.41) is 2.69. The van der Waals surface area contributed by atoms with Crippen LogP contribution < -0.4 is 11.1 Å². The lowest BCUT2D eigenvalue weighted by molar-refractivity contribution is -0.116. The Morgan fingerprint density at radius 3 is 2.50 bits per heavy atom. The Labute approximate surface area is 149 Å². The number of ether oxygens (including phenoxy) is 1. The largest absolute Gasteiger partial charge is 0.459 e. The molecule has 3 aromatic rings. The number of aromatic nitrogens is 1. The number of hydrogen-bond donors (Lipinski definition) is 1. The monoisotopic (exact) mass is 354 g/mol. The third kappa shape index (κ3) is 3.83. The van der Waals surface area contributed by atoms with Crippen molar-refractivity contribution in [2.75, 3.05) is 5.32 Å². The van der Waals surface area contributed by atoms with Crippen LogP contribution in [0.2, 0.25) is 0 Å². The van der Waals surface area contributed by atoms with Gasteiger partial charge in [-0.2, -0.15) is 0 Å². The van der Waals surface area contributed by atoms with E-state index >= 15 is 0 Å². The number of nitrogens with zero attached hydrogens (tertiary/aromatic N) is 1. The summed E-state index contributed by atoms with van der Waals surface area (Å²) >= 11 is 0. The Hall–Kier alpha value is -3.35. The van der Waals surface area contributed by atoms with E-state index < -0.39 is 11.7 Å². The maximum absolute atomic E-state index is 12.2. The van der Waals surface area contributed by atoms with Gasteiger partial charge in [-0.15, -0.1) is 0 Å². The Balaban J connectivity index is 1.69. The fraction of sp³-hybridized carbons (Fsp3) is 0.211. The van der Waals surface area contributed by atoms with Gasteiger partial charge in [0.15, 0.2) is 5.58 Å². The smallest absolute Gasteiger partial charge is 0.420 e. The Morgan fingerprint density at radius 2 is 1.81 bits per heavy atom. The minimum Gasteiger partial charge on any atom is -0.459 e. The number of hydrogen-bond acceptors (Lipinski definition) is 5. The molecule has 1 aromatic heterocycles. The first-order valence-corrected chi connectivity index (χ1v) is 8.13. The summed E-state index contributed by atoms with van der Waals surface area (Å²) in [5.41, 5.74) is 1.89. The molecule has 0 aliphatic rings. The summed E-state index contributed by atoms with van der Waals surface area (Å²) in [6, 6.07) is 13.2. The van der Waals surface area contributed by atoms with Crippen molar-refractivity contribution < 1.29 is 18.7 Å². The van der Waals surface area contributed by atoms with Crippen LogP contribution in [-0.4, -0.2) is 22.5 Å². The molecule has 1 amide bonds. The third-order valence-corrected chi connectivity index (χ3v) is 3.62. The van der Waals surface area contributed by atoms with Gasteiger partial charge in [0.1, 0.15) is 6.54 Å². The number of amides is 1. The van der Waals surface area contributed by atoms with Gasteiger partial charge in [0, 0.05) is 5.69 Å². The highest BCUT2D eigenvalue weighted by Gasteiger charge is 2.13. The van der Waals surface area contributed by atoms with Crippen LogP contribution in [0.15, 0.2) is 57.7 Å². The summed E-state index contributed by atoms with van der Waals surface area (Å²) in [7, 11) is 0. The number of esters is 1. The van der Waals surface area contributed by atoms with Crippen LogP contribution in [0.5, 0.6) is 0 Å². The van der Waals surface area contributed by atoms with Gasteiger partial charge in [0.05, 0.1) is 17.2 Å². The fourth-order valence-electron chi connectivity index (χ4n) is 2.48. The summed E-state index contributed by atoms with van der Waals surface area (Å²) < 4.78 is 11.5. The van der Waals surface area contributed by atoms with Crippen molar-refractivity contribution in [3.63, 3.8) is 0 Å². The molecule has 0 bridgehead atoms. The highest BCUT2D eigenvalue weighted by atomic mass is 16.5. The second-order valence-corrected chi connectivity index (χ2v) is 6.00. The van der Waals surface area contributed by atoms with E-state index in [1.165, 1.54) is 4.57 Å². The molecule has 7 nitrogen and oxygen atoms in total. The number of fused-ring (bicyclic) bond motifs is 1. The molecule has 134 valence electrons. The number of nitrogens with one attached hydrogen (secondary N) is 1. The van der Waals surface area contributed by atoms with Gasteiger partial charge < -0.3 is 14.5 Å². The quantitative estimate of drug-likeness (QED) is 0.712. The number of carbonyl (C=O) groups excluding carboxylic acids is 2. The van der Waals surface area contributed by atoms with E-state index in [1.54, 1.807) is 62.4 Å². The molecular weight excluding hydrogens is 336 g/mol. The highest BCUT2D eigenvalue weighted by Crippen LogP contribution is 2.14. The highest BCUT2D eigenvalue weighted by molar-refractivity contribution is 5.93. The molecule has 0 saturated heterocycles. The molecule has 0 radical (unpaired) electrons. The average Bonchev–Trinajstić information content (AvgIpc) is 2.90. The topological polar surface area (TPSA) is 90.5 Å². The predicted octanol–water partition coefficient (Wildman–Crippen LogP) is 2.80. The Morgan fingerprint density at radius 1 is 1.12 bits per heavy atom. The molecule has 0 aliphatic heterocycles. The average molecular weight is 354 g/mol. The van der Waals surface area contributed by atoms with E-state index in [1.807, 2.05) is 0 Å². The molecule has 7 heteroatoms. The lowest BCUT2D eigenvalue weighted by Crippen LogP contribution is -2.24. The van der Waals surface area contributed by atoms with Crippen molar-refractivity contribution in [3.8, 4) is 0 Å². The van der Waals surface area contributed by atoms with Crippen molar-refractivity contribution in [1.82, 2.24) is 4.57 Å². The maximum Gasteiger partial charge on any atom is 0.420 e. The molecule has 3 rings (SSSR count). The van der Waals surface area contributed by atoms with Crippen LogP contribution >= 0.6 is 0 Å². The first-order chi connectivity index (χ1) is 12.4. The van der Waals surface area contributed by atoms with Crippen molar-refractivity contribution in [2.45, 2.75) is 26.5 Å². The zero-order valence-corrected chi connectivity index (χ0v) is 14.4. The van der Waals surface area contributed by atoms with Gasteiger partial charge in [-0.1, -0.05) is 12.1 Å². The minimum absolute atomic E-state index is 0.174. The number of benzene rings is 2. The minimum atomic E-state index is -0.590. The molecule has 2 aromatic carbocycles. The zero-order valence-electron chi connectivity index (χ0n) is 14.4. The first kappa shape index (κ1) is 17.5. The number of rotatable bonds is 5. The van der Waals surface area contributed by atoms with E-state index in [2.05, 4.69) is 5.32 Å². The lowest BCUT2D eigenvalue weighted by atomic mass is 10.2. The number of para-hydroxylation sites is 2. The van der Waals surface area contributed by atoms with Gasteiger partial charge in [0.2, 0.25) is 5.91 Å². The molecule has 0 atom stereocenters. The van der Waals surface area contributed by atoms with E-state index in [4.69, 9.17) is 9.15 Å². The van der Waals surface area contributed by atoms with Gasteiger partial charge >= 0.3 is 11.7 Å². The predicted molar refractivity (Wildman–Crippen MR) is 96.1 cm³/mol. The molecular formula is C19H18N2O5. The van der Waals surface area contributed by atoms with Crippen LogP contribution in [0, 0.1) is 0 Å². The summed E-state index contributed by atoms with van der Waals surface area (Å²) in [6.45, 7) is 3.37. The van der Waals surface area contributed by atoms with Crippen LogP contribution in [0.1, 0.15) is 24.2 Å². The van der Waals surface area contributed by atoms with Gasteiger partial charge in [-0.25, -0.2) is 9.59 Å². The lowest BCUT2D eigenvalue weighted by Gasteiger charge is -2.09. The molecule has 0 fully saturated rings. The van der Waals surface area contributed by atoms with Crippen molar-refractivity contribution in [1.29, 1.82) is 0 Å². The molecule has 1 heterocycles. The summed E-state index contributed by atoms with van der Waals surface area (Å²) in [6.07, 6.45) is -0.204. The second kappa shape index (κ2) is 7.26. The van der Waals surface area contributed by atoms with Crippen molar-refractivity contribution in [2.24, 2.45) is 0 Å². The standard InChI is InChI=1S/C19H18N2O5/c1-12(2)25-18(23)13-7-9-14(10-8-13)20-17(22)11-21-15-5-3-4-6-16(15)26-19(21)24/h3-10,12H,11H2,1-2H3,(H,20,22). The molecule has 0 saturated carbocycles. The first-order valence-electron chi connectivity index (χ1n) is 8.13. The van der Waals surface area contributed by atoms with Crippen molar-refractivity contribution >= 4 is 28.7 Å². The Kier molecular flexibility index (Phi) is 4.88. The molecule has 0 spiro atoms. The van der Waals surface area contributed by atoms with E-state index in [0.29, 0.717) is 22.4 Å². The Bertz CT molecular complexity index is 999. The number of carbonyl (C=O) groups is 2. The van der Waals surface area contributed by atoms with E-state index in [-0.39, 0.29) is 18.6 Å². The van der Waals surface area contributed by atoms with Crippen molar-refractivity contribution in [3.05, 3.63) is 64.6 Å². The maximum atomic E-state index is 12.2. The molecule has 0 unspecified atom stereocenters.